The van der Waals surface area contributed by atoms with Crippen LogP contribution in [-0.2, 0) is 0 Å². The fourth-order valence-electron chi connectivity index (χ4n) is 2.90. The second-order valence-corrected chi connectivity index (χ2v) is 8.84. The van der Waals surface area contributed by atoms with Gasteiger partial charge in [-0.2, -0.15) is 0 Å². The summed E-state index contributed by atoms with van der Waals surface area (Å²) in [6.07, 6.45) is 4.94. The Morgan fingerprint density at radius 1 is 1.20 bits per heavy atom. The van der Waals surface area contributed by atoms with Crippen LogP contribution in [0.2, 0.25) is 0 Å². The van der Waals surface area contributed by atoms with Gasteiger partial charge in [0.05, 0.1) is 0 Å². The van der Waals surface area contributed by atoms with Gasteiger partial charge in [0.15, 0.2) is 0 Å². The summed E-state index contributed by atoms with van der Waals surface area (Å²) < 4.78 is 0. The highest BCUT2D eigenvalue weighted by molar-refractivity contribution is 8.33. The summed E-state index contributed by atoms with van der Waals surface area (Å²) >= 11 is 0. The zero-order valence-corrected chi connectivity index (χ0v) is 8.00. The summed E-state index contributed by atoms with van der Waals surface area (Å²) in [7, 11) is 2.13. The van der Waals surface area contributed by atoms with Crippen LogP contribution in [0.4, 0.5) is 0 Å². The quantitative estimate of drug-likeness (QED) is 0.509. The van der Waals surface area contributed by atoms with Gasteiger partial charge in [0.25, 0.3) is 0 Å². The van der Waals surface area contributed by atoms with Crippen molar-refractivity contribution in [3.63, 3.8) is 0 Å². The Morgan fingerprint density at radius 2 is 1.70 bits per heavy atom. The van der Waals surface area contributed by atoms with Crippen molar-refractivity contribution in [1.29, 1.82) is 0 Å². The van der Waals surface area contributed by atoms with E-state index in [4.69, 9.17) is 0 Å². The Morgan fingerprint density at radius 3 is 2.00 bits per heavy atom. The second-order valence-electron chi connectivity index (χ2n) is 4.73. The van der Waals surface area contributed by atoms with E-state index < -0.39 is 0 Å². The van der Waals surface area contributed by atoms with Crippen LogP contribution < -0.4 is 0 Å². The van der Waals surface area contributed by atoms with E-state index in [-0.39, 0.29) is 10.0 Å². The molecule has 2 saturated heterocycles. The molecule has 2 aliphatic heterocycles. The molecule has 60 valence electrons. The molecule has 1 nitrogen and oxygen atoms in total. The highest BCUT2D eigenvalue weighted by Crippen LogP contribution is 2.62. The Kier molecular flexibility index (Phi) is 1.20. The van der Waals surface area contributed by atoms with Gasteiger partial charge >= 0.3 is 0 Å². The Labute approximate surface area is 65.1 Å². The van der Waals surface area contributed by atoms with E-state index in [2.05, 4.69) is 24.5 Å². The van der Waals surface area contributed by atoms with Crippen LogP contribution in [0.1, 0.15) is 0 Å². The standard InChI is InChI=1S/C8H17NS/c1-9-4-8(5-9)6-10(2,3)7-8/h4-7H2,1-3H3. The zero-order chi connectivity index (χ0) is 7.41. The first kappa shape index (κ1) is 6.99. The normalized spacial score (nSPS) is 38.3. The minimum Gasteiger partial charge on any atom is -0.305 e. The molecule has 0 unspecified atom stereocenters. The van der Waals surface area contributed by atoms with E-state index in [0.717, 1.165) is 5.41 Å². The topological polar surface area (TPSA) is 3.24 Å². The summed E-state index contributed by atoms with van der Waals surface area (Å²) in [5, 5.41) is 0. The number of hydrogen-bond acceptors (Lipinski definition) is 1. The Bertz CT molecular complexity index is 149. The predicted octanol–water partition coefficient (Wildman–Crippen LogP) is 0.996. The molecule has 0 amide bonds. The largest absolute Gasteiger partial charge is 0.305 e. The summed E-state index contributed by atoms with van der Waals surface area (Å²) in [6, 6.07) is 0. The van der Waals surface area contributed by atoms with Crippen LogP contribution in [0.3, 0.4) is 0 Å². The third-order valence-electron chi connectivity index (χ3n) is 2.60. The maximum absolute atomic E-state index is 2.47. The molecule has 0 aliphatic carbocycles. The van der Waals surface area contributed by atoms with Gasteiger partial charge in [-0.25, -0.2) is 10.0 Å². The molecule has 2 rings (SSSR count). The molecular formula is C8H17NS. The lowest BCUT2D eigenvalue weighted by Gasteiger charge is -2.64. The molecule has 1 spiro atoms. The zero-order valence-electron chi connectivity index (χ0n) is 7.18. The average molecular weight is 159 g/mol. The lowest BCUT2D eigenvalue weighted by molar-refractivity contribution is 0.0532. The molecule has 2 fully saturated rings. The maximum atomic E-state index is 2.47. The van der Waals surface area contributed by atoms with E-state index in [1.165, 1.54) is 13.1 Å². The molecule has 0 aromatic heterocycles. The predicted molar refractivity (Wildman–Crippen MR) is 49.1 cm³/mol. The van der Waals surface area contributed by atoms with Crippen LogP contribution >= 0.6 is 10.0 Å². The maximum Gasteiger partial charge on any atom is 0.0109 e. The van der Waals surface area contributed by atoms with Gasteiger partial charge in [-0.1, -0.05) is 0 Å². The number of hydrogen-bond donors (Lipinski definition) is 0. The van der Waals surface area contributed by atoms with Crippen molar-refractivity contribution in [1.82, 2.24) is 4.90 Å². The number of nitrogens with zero attached hydrogens (tertiary/aromatic N) is 1. The van der Waals surface area contributed by atoms with E-state index in [9.17, 15) is 0 Å². The van der Waals surface area contributed by atoms with Crippen LogP contribution in [-0.4, -0.2) is 49.1 Å². The first-order valence-corrected chi connectivity index (χ1v) is 6.68. The van der Waals surface area contributed by atoms with Gasteiger partial charge < -0.3 is 4.90 Å². The fourth-order valence-corrected chi connectivity index (χ4v) is 6.49. The summed E-state index contributed by atoms with van der Waals surface area (Å²) in [5.74, 6) is 3.09. The van der Waals surface area contributed by atoms with E-state index in [1.54, 1.807) is 11.5 Å². The molecular weight excluding hydrogens is 142 g/mol. The molecule has 2 aliphatic rings. The molecule has 0 aromatic rings. The third-order valence-corrected chi connectivity index (χ3v) is 5.39. The molecule has 2 heteroatoms. The molecule has 0 aromatic carbocycles. The second kappa shape index (κ2) is 1.72. The molecule has 10 heavy (non-hydrogen) atoms. The van der Waals surface area contributed by atoms with Gasteiger partial charge in [0.2, 0.25) is 0 Å². The van der Waals surface area contributed by atoms with Crippen LogP contribution in [0.15, 0.2) is 0 Å². The summed E-state index contributed by atoms with van der Waals surface area (Å²) in [6.45, 7) is 2.76. The van der Waals surface area contributed by atoms with Crippen molar-refractivity contribution in [2.75, 3.05) is 44.2 Å². The molecule has 2 heterocycles. The van der Waals surface area contributed by atoms with Crippen molar-refractivity contribution < 1.29 is 0 Å². The lowest BCUT2D eigenvalue weighted by atomic mass is 9.83. The van der Waals surface area contributed by atoms with Crippen molar-refractivity contribution in [3.8, 4) is 0 Å². The fraction of sp³-hybridized carbons (Fsp3) is 1.00. The van der Waals surface area contributed by atoms with Gasteiger partial charge in [-0.15, -0.1) is 0 Å². The summed E-state index contributed by atoms with van der Waals surface area (Å²) in [4.78, 5) is 2.44. The molecule has 0 atom stereocenters. The van der Waals surface area contributed by atoms with Gasteiger partial charge in [0, 0.05) is 18.5 Å². The van der Waals surface area contributed by atoms with Crippen molar-refractivity contribution in [2.24, 2.45) is 5.41 Å². The minimum atomic E-state index is -0.100. The van der Waals surface area contributed by atoms with Crippen molar-refractivity contribution in [3.05, 3.63) is 0 Å². The number of likely N-dealkylation sites (tertiary alicyclic amines) is 1. The highest BCUT2D eigenvalue weighted by Gasteiger charge is 2.52. The van der Waals surface area contributed by atoms with Gasteiger partial charge in [-0.05, 0) is 31.1 Å². The van der Waals surface area contributed by atoms with E-state index in [1.807, 2.05) is 0 Å². The smallest absolute Gasteiger partial charge is 0.0109 e. The first-order chi connectivity index (χ1) is 4.52. The minimum absolute atomic E-state index is 0.100. The van der Waals surface area contributed by atoms with Crippen molar-refractivity contribution >= 4 is 10.0 Å². The SMILES string of the molecule is CN1CC2(C1)CS(C)(C)C2. The molecule has 0 radical (unpaired) electrons. The highest BCUT2D eigenvalue weighted by atomic mass is 32.3. The molecule has 0 bridgehead atoms. The van der Waals surface area contributed by atoms with Crippen LogP contribution in [0.5, 0.6) is 0 Å². The van der Waals surface area contributed by atoms with Crippen LogP contribution in [0, 0.1) is 5.41 Å². The average Bonchev–Trinajstić information content (AvgIpc) is 1.55. The van der Waals surface area contributed by atoms with Gasteiger partial charge in [-0.3, -0.25) is 0 Å². The Balaban J connectivity index is 1.91. The van der Waals surface area contributed by atoms with Crippen LogP contribution in [0.25, 0.3) is 0 Å². The van der Waals surface area contributed by atoms with E-state index in [0.29, 0.717) is 0 Å². The molecule has 0 saturated carbocycles. The summed E-state index contributed by atoms with van der Waals surface area (Å²) in [5.41, 5.74) is 0.813. The third kappa shape index (κ3) is 0.892. The first-order valence-electron chi connectivity index (χ1n) is 3.89. The number of rotatable bonds is 0. The van der Waals surface area contributed by atoms with E-state index >= 15 is 0 Å². The molecule has 0 N–H and O–H groups in total. The Hall–Kier alpha value is 0.310. The monoisotopic (exact) mass is 159 g/mol. The lowest BCUT2D eigenvalue weighted by Crippen LogP contribution is -2.65. The van der Waals surface area contributed by atoms with Crippen molar-refractivity contribution in [2.45, 2.75) is 0 Å². The van der Waals surface area contributed by atoms with Gasteiger partial charge in [0.1, 0.15) is 0 Å².